The van der Waals surface area contributed by atoms with Gasteiger partial charge < -0.3 is 0 Å². The van der Waals surface area contributed by atoms with Crippen molar-refractivity contribution in [3.05, 3.63) is 30.7 Å². The van der Waals surface area contributed by atoms with Gasteiger partial charge in [-0.1, -0.05) is 6.07 Å². The van der Waals surface area contributed by atoms with E-state index in [4.69, 9.17) is 0 Å². The van der Waals surface area contributed by atoms with Crippen LogP contribution in [0.2, 0.25) is 0 Å². The van der Waals surface area contributed by atoms with E-state index in [1.165, 1.54) is 25.9 Å². The Hall–Kier alpha value is 0.600. The van der Waals surface area contributed by atoms with E-state index < -0.39 is 0 Å². The smallest absolute Gasteiger partial charge is 0.0674 e. The Morgan fingerprint density at radius 2 is 1.79 bits per heavy atom. The molecule has 4 heteroatoms. The van der Waals surface area contributed by atoms with Crippen LogP contribution in [-0.2, 0) is 0 Å². The van der Waals surface area contributed by atoms with Crippen LogP contribution >= 0.6 is 67.9 Å². The summed E-state index contributed by atoms with van der Waals surface area (Å²) in [4.78, 5) is 0. The third-order valence-electron chi connectivity index (χ3n) is 2.08. The third kappa shape index (κ3) is 1.50. The monoisotopic (exact) mass is 442 g/mol. The molecule has 3 rings (SSSR count). The van der Waals surface area contributed by atoms with E-state index >= 15 is 0 Å². The van der Waals surface area contributed by atoms with Gasteiger partial charge in [0.15, 0.2) is 0 Å². The molecule has 0 aliphatic carbocycles. The number of hydrogen-bond donors (Lipinski definition) is 0. The molecule has 0 bridgehead atoms. The van der Waals surface area contributed by atoms with E-state index in [-0.39, 0.29) is 0 Å². The summed E-state index contributed by atoms with van der Waals surface area (Å²) in [6.45, 7) is 0. The SMILES string of the molecule is Ic1ccc2c(c1)sc1cc(I)sc12. The minimum absolute atomic E-state index is 1.32. The van der Waals surface area contributed by atoms with Gasteiger partial charge in [-0.3, -0.25) is 0 Å². The molecular weight excluding hydrogens is 438 g/mol. The molecule has 0 aliphatic heterocycles. The van der Waals surface area contributed by atoms with Crippen LogP contribution in [0.25, 0.3) is 19.5 Å². The lowest BCUT2D eigenvalue weighted by molar-refractivity contribution is 1.77. The van der Waals surface area contributed by atoms with Gasteiger partial charge in [0.25, 0.3) is 0 Å². The van der Waals surface area contributed by atoms with Crippen molar-refractivity contribution in [3.8, 4) is 0 Å². The largest absolute Gasteiger partial charge is 0.134 e. The predicted molar refractivity (Wildman–Crippen MR) is 82.6 cm³/mol. The third-order valence-corrected chi connectivity index (χ3v) is 5.90. The molecule has 2 aromatic heterocycles. The van der Waals surface area contributed by atoms with Crippen LogP contribution < -0.4 is 0 Å². The highest BCUT2D eigenvalue weighted by atomic mass is 127. The van der Waals surface area contributed by atoms with Crippen LogP contribution in [0.5, 0.6) is 0 Å². The lowest BCUT2D eigenvalue weighted by Gasteiger charge is -1.90. The maximum Gasteiger partial charge on any atom is 0.0674 e. The molecule has 14 heavy (non-hydrogen) atoms. The first-order chi connectivity index (χ1) is 6.74. The number of thiophene rings is 2. The van der Waals surface area contributed by atoms with Gasteiger partial charge in [-0.05, 0) is 63.4 Å². The summed E-state index contributed by atoms with van der Waals surface area (Å²) in [6, 6.07) is 8.96. The number of halogens is 2. The van der Waals surface area contributed by atoms with E-state index in [2.05, 4.69) is 69.4 Å². The van der Waals surface area contributed by atoms with Crippen LogP contribution in [0.3, 0.4) is 0 Å². The quantitative estimate of drug-likeness (QED) is 0.414. The Morgan fingerprint density at radius 3 is 2.64 bits per heavy atom. The van der Waals surface area contributed by atoms with Gasteiger partial charge in [0.05, 0.1) is 7.58 Å². The van der Waals surface area contributed by atoms with Crippen molar-refractivity contribution in [3.63, 3.8) is 0 Å². The topological polar surface area (TPSA) is 0 Å². The van der Waals surface area contributed by atoms with E-state index in [1.807, 2.05) is 22.7 Å². The van der Waals surface area contributed by atoms with Crippen molar-refractivity contribution < 1.29 is 0 Å². The van der Waals surface area contributed by atoms with Crippen LogP contribution in [0.4, 0.5) is 0 Å². The fourth-order valence-corrected chi connectivity index (χ4v) is 5.67. The first-order valence-electron chi connectivity index (χ1n) is 4.01. The standard InChI is InChI=1S/C10H4I2S2/c11-5-1-2-6-7(3-5)13-8-4-9(12)14-10(6)8/h1-4H. The molecule has 1 aromatic carbocycles. The number of benzene rings is 1. The maximum atomic E-state index is 2.39. The van der Waals surface area contributed by atoms with Crippen molar-refractivity contribution in [2.45, 2.75) is 0 Å². The highest BCUT2D eigenvalue weighted by Crippen LogP contribution is 2.40. The summed E-state index contributed by atoms with van der Waals surface area (Å²) in [7, 11) is 0. The van der Waals surface area contributed by atoms with Gasteiger partial charge in [0.1, 0.15) is 0 Å². The fourth-order valence-electron chi connectivity index (χ4n) is 1.50. The molecule has 2 heterocycles. The molecular formula is C10H4I2S2. The lowest BCUT2D eigenvalue weighted by Crippen LogP contribution is -1.66. The molecule has 0 aliphatic rings. The highest BCUT2D eigenvalue weighted by molar-refractivity contribution is 14.1. The molecule has 0 amide bonds. The van der Waals surface area contributed by atoms with E-state index in [9.17, 15) is 0 Å². The summed E-state index contributed by atoms with van der Waals surface area (Å²) in [5.74, 6) is 0. The molecule has 0 saturated carbocycles. The van der Waals surface area contributed by atoms with Crippen LogP contribution in [0.15, 0.2) is 24.3 Å². The van der Waals surface area contributed by atoms with Gasteiger partial charge in [-0.25, -0.2) is 0 Å². The van der Waals surface area contributed by atoms with Gasteiger partial charge in [-0.15, -0.1) is 22.7 Å². The molecule has 0 spiro atoms. The van der Waals surface area contributed by atoms with Crippen LogP contribution in [0.1, 0.15) is 0 Å². The molecule has 0 unspecified atom stereocenters. The van der Waals surface area contributed by atoms with E-state index in [0.29, 0.717) is 0 Å². The molecule has 0 saturated heterocycles. The average molecular weight is 442 g/mol. The van der Waals surface area contributed by atoms with Gasteiger partial charge in [0.2, 0.25) is 0 Å². The summed E-state index contributed by atoms with van der Waals surface area (Å²) in [5, 5.41) is 1.42. The Bertz CT molecular complexity index is 618. The average Bonchev–Trinajstić information content (AvgIpc) is 2.59. The molecule has 70 valence electrons. The van der Waals surface area contributed by atoms with Gasteiger partial charge in [0, 0.05) is 18.4 Å². The van der Waals surface area contributed by atoms with Crippen molar-refractivity contribution in [2.24, 2.45) is 0 Å². The van der Waals surface area contributed by atoms with Gasteiger partial charge >= 0.3 is 0 Å². The first-order valence-corrected chi connectivity index (χ1v) is 7.80. The molecule has 0 radical (unpaired) electrons. The maximum absolute atomic E-state index is 2.39. The van der Waals surface area contributed by atoms with Crippen molar-refractivity contribution in [1.82, 2.24) is 0 Å². The molecule has 0 atom stereocenters. The Labute approximate surface area is 117 Å². The second kappa shape index (κ2) is 3.57. The lowest BCUT2D eigenvalue weighted by atomic mass is 10.2. The van der Waals surface area contributed by atoms with Crippen molar-refractivity contribution >= 4 is 87.3 Å². The van der Waals surface area contributed by atoms with Crippen LogP contribution in [-0.4, -0.2) is 0 Å². The Kier molecular flexibility index (Phi) is 2.50. The summed E-state index contributed by atoms with van der Waals surface area (Å²) in [6.07, 6.45) is 0. The van der Waals surface area contributed by atoms with E-state index in [1.54, 1.807) is 0 Å². The van der Waals surface area contributed by atoms with Crippen molar-refractivity contribution in [1.29, 1.82) is 0 Å². The Balaban J connectivity index is 2.52. The zero-order chi connectivity index (χ0) is 9.71. The zero-order valence-electron chi connectivity index (χ0n) is 6.88. The molecule has 0 N–H and O–H groups in total. The highest BCUT2D eigenvalue weighted by Gasteiger charge is 2.08. The van der Waals surface area contributed by atoms with Gasteiger partial charge in [-0.2, -0.15) is 0 Å². The number of hydrogen-bond acceptors (Lipinski definition) is 2. The number of fused-ring (bicyclic) bond motifs is 3. The summed E-state index contributed by atoms with van der Waals surface area (Å²) < 4.78 is 6.99. The van der Waals surface area contributed by atoms with Crippen molar-refractivity contribution in [2.75, 3.05) is 0 Å². The molecule has 0 nitrogen and oxygen atoms in total. The number of rotatable bonds is 0. The van der Waals surface area contributed by atoms with E-state index in [0.717, 1.165) is 0 Å². The molecule has 0 fully saturated rings. The summed E-state index contributed by atoms with van der Waals surface area (Å²) in [5.41, 5.74) is 0. The van der Waals surface area contributed by atoms with Crippen LogP contribution in [0, 0.1) is 6.45 Å². The minimum atomic E-state index is 1.32. The fraction of sp³-hybridized carbons (Fsp3) is 0. The normalized spacial score (nSPS) is 11.6. The summed E-state index contributed by atoms with van der Waals surface area (Å²) >= 11 is 8.54. The minimum Gasteiger partial charge on any atom is -0.134 e. The predicted octanol–water partition coefficient (Wildman–Crippen LogP) is 5.33. The second-order valence-electron chi connectivity index (χ2n) is 2.99. The Morgan fingerprint density at radius 1 is 0.929 bits per heavy atom. The second-order valence-corrected chi connectivity index (χ2v) is 8.26. The zero-order valence-corrected chi connectivity index (χ0v) is 12.8. The molecule has 3 aromatic rings. The first kappa shape index (κ1) is 9.80.